The number of nitrogens with one attached hydrogen (secondary N) is 2. The Balaban J connectivity index is 1.83. The summed E-state index contributed by atoms with van der Waals surface area (Å²) >= 11 is 1.12. The first kappa shape index (κ1) is 19.6. The maximum absolute atomic E-state index is 13.1. The molecule has 7 nitrogen and oxygen atoms in total. The minimum absolute atomic E-state index is 0.0451. The molecule has 0 bridgehead atoms. The largest absolute Gasteiger partial charge is 0.369 e. The van der Waals surface area contributed by atoms with Crippen LogP contribution >= 0.6 is 11.8 Å². The van der Waals surface area contributed by atoms with Crippen LogP contribution in [0.5, 0.6) is 0 Å². The maximum Gasteiger partial charge on any atom is 0.233 e. The van der Waals surface area contributed by atoms with Crippen molar-refractivity contribution in [2.24, 2.45) is 5.73 Å². The maximum atomic E-state index is 13.1. The molecule has 0 aliphatic carbocycles. The van der Waals surface area contributed by atoms with E-state index in [4.69, 9.17) is 5.73 Å². The molecule has 1 heterocycles. The molecular weight excluding hydrogens is 379 g/mol. The Bertz CT molecular complexity index is 939. The van der Waals surface area contributed by atoms with Crippen molar-refractivity contribution >= 4 is 35.3 Å². The van der Waals surface area contributed by atoms with Gasteiger partial charge in [-0.2, -0.15) is 15.0 Å². The third kappa shape index (κ3) is 5.65. The number of carbonyl (C=O) groups is 1. The summed E-state index contributed by atoms with van der Waals surface area (Å²) in [5.41, 5.74) is 6.91. The van der Waals surface area contributed by atoms with Crippen molar-refractivity contribution in [3.8, 4) is 0 Å². The molecule has 2 aromatic carbocycles. The summed E-state index contributed by atoms with van der Waals surface area (Å²) in [7, 11) is 0. The van der Waals surface area contributed by atoms with Gasteiger partial charge in [-0.05, 0) is 36.8 Å². The molecule has 0 saturated heterocycles. The van der Waals surface area contributed by atoms with E-state index in [1.165, 1.54) is 12.1 Å². The number of hydrogen-bond donors (Lipinski definition) is 3. The third-order valence-corrected chi connectivity index (χ3v) is 4.57. The number of anilines is 3. The molecule has 0 unspecified atom stereocenters. The minimum atomic E-state index is -0.467. The Hall–Kier alpha value is -3.20. The van der Waals surface area contributed by atoms with Crippen molar-refractivity contribution in [3.05, 3.63) is 66.0 Å². The second-order valence-electron chi connectivity index (χ2n) is 5.93. The van der Waals surface area contributed by atoms with Crippen LogP contribution in [0.25, 0.3) is 0 Å². The van der Waals surface area contributed by atoms with Gasteiger partial charge in [0.25, 0.3) is 0 Å². The fourth-order valence-corrected chi connectivity index (χ4v) is 2.93. The van der Waals surface area contributed by atoms with Gasteiger partial charge in [-0.15, -0.1) is 0 Å². The summed E-state index contributed by atoms with van der Waals surface area (Å²) in [5, 5.41) is 6.59. The SMILES string of the molecule is C[C@@H](Nc1nc(Nc2ccc(F)cc2)nc(SCC(N)=O)n1)c1ccccc1. The van der Waals surface area contributed by atoms with E-state index in [1.54, 1.807) is 12.1 Å². The van der Waals surface area contributed by atoms with Crippen LogP contribution in [-0.4, -0.2) is 26.6 Å². The molecule has 3 aromatic rings. The quantitative estimate of drug-likeness (QED) is 0.499. The number of amides is 1. The van der Waals surface area contributed by atoms with Gasteiger partial charge in [0.1, 0.15) is 5.82 Å². The second kappa shape index (κ2) is 9.14. The van der Waals surface area contributed by atoms with Crippen molar-refractivity contribution in [2.75, 3.05) is 16.4 Å². The molecule has 0 aliphatic rings. The standard InChI is InChI=1S/C19H19FN6OS/c1-12(13-5-3-2-4-6-13)22-17-24-18(23-15-9-7-14(20)8-10-15)26-19(25-17)28-11-16(21)27/h2-10,12H,11H2,1H3,(H2,21,27)(H2,22,23,24,25,26)/t12-/m1/s1. The van der Waals surface area contributed by atoms with Crippen LogP contribution in [0.15, 0.2) is 59.8 Å². The first-order valence-corrected chi connectivity index (χ1v) is 9.49. The van der Waals surface area contributed by atoms with Crippen LogP contribution in [0, 0.1) is 5.82 Å². The lowest BCUT2D eigenvalue weighted by Crippen LogP contribution is -2.15. The molecule has 3 rings (SSSR count). The Morgan fingerprint density at radius 1 is 1.07 bits per heavy atom. The van der Waals surface area contributed by atoms with Crippen molar-refractivity contribution in [3.63, 3.8) is 0 Å². The number of nitrogens with two attached hydrogens (primary N) is 1. The van der Waals surface area contributed by atoms with Crippen molar-refractivity contribution in [1.82, 2.24) is 15.0 Å². The molecule has 1 atom stereocenters. The number of hydrogen-bond acceptors (Lipinski definition) is 7. The van der Waals surface area contributed by atoms with Crippen LogP contribution in [-0.2, 0) is 4.79 Å². The molecule has 144 valence electrons. The Labute approximate surface area is 166 Å². The molecule has 4 N–H and O–H groups in total. The lowest BCUT2D eigenvalue weighted by Gasteiger charge is -2.15. The fraction of sp³-hybridized carbons (Fsp3) is 0.158. The van der Waals surface area contributed by atoms with E-state index in [0.717, 1.165) is 17.3 Å². The zero-order valence-corrected chi connectivity index (χ0v) is 15.9. The van der Waals surface area contributed by atoms with E-state index in [0.29, 0.717) is 16.8 Å². The summed E-state index contributed by atoms with van der Waals surface area (Å²) in [6.07, 6.45) is 0. The summed E-state index contributed by atoms with van der Waals surface area (Å²) in [6, 6.07) is 15.6. The van der Waals surface area contributed by atoms with Crippen LogP contribution in [0.4, 0.5) is 22.0 Å². The lowest BCUT2D eigenvalue weighted by molar-refractivity contribution is -0.115. The van der Waals surface area contributed by atoms with Crippen molar-refractivity contribution < 1.29 is 9.18 Å². The van der Waals surface area contributed by atoms with Gasteiger partial charge in [0.15, 0.2) is 5.16 Å². The van der Waals surface area contributed by atoms with Crippen LogP contribution in [0.1, 0.15) is 18.5 Å². The van der Waals surface area contributed by atoms with E-state index in [1.807, 2.05) is 37.3 Å². The molecule has 1 aromatic heterocycles. The number of benzene rings is 2. The van der Waals surface area contributed by atoms with E-state index < -0.39 is 5.91 Å². The predicted molar refractivity (Wildman–Crippen MR) is 108 cm³/mol. The van der Waals surface area contributed by atoms with E-state index in [2.05, 4.69) is 25.6 Å². The monoisotopic (exact) mass is 398 g/mol. The second-order valence-corrected chi connectivity index (χ2v) is 6.87. The molecule has 0 spiro atoms. The Morgan fingerprint density at radius 2 is 1.75 bits per heavy atom. The number of aromatic nitrogens is 3. The Morgan fingerprint density at radius 3 is 2.43 bits per heavy atom. The third-order valence-electron chi connectivity index (χ3n) is 3.70. The molecule has 0 fully saturated rings. The predicted octanol–water partition coefficient (Wildman–Crippen LogP) is 3.50. The number of rotatable bonds is 8. The average Bonchev–Trinajstić information content (AvgIpc) is 2.69. The molecule has 0 radical (unpaired) electrons. The zero-order valence-electron chi connectivity index (χ0n) is 15.1. The van der Waals surface area contributed by atoms with Gasteiger partial charge in [0.2, 0.25) is 17.8 Å². The summed E-state index contributed by atoms with van der Waals surface area (Å²) in [6.45, 7) is 1.99. The number of primary amides is 1. The first-order chi connectivity index (χ1) is 13.5. The van der Waals surface area contributed by atoms with Gasteiger partial charge in [-0.25, -0.2) is 4.39 Å². The van der Waals surface area contributed by atoms with Crippen molar-refractivity contribution in [2.45, 2.75) is 18.1 Å². The summed E-state index contributed by atoms with van der Waals surface area (Å²) in [4.78, 5) is 24.1. The van der Waals surface area contributed by atoms with E-state index in [-0.39, 0.29) is 23.6 Å². The molecule has 28 heavy (non-hydrogen) atoms. The van der Waals surface area contributed by atoms with Gasteiger partial charge in [0.05, 0.1) is 11.8 Å². The highest BCUT2D eigenvalue weighted by molar-refractivity contribution is 7.99. The summed E-state index contributed by atoms with van der Waals surface area (Å²) in [5.74, 6) is -0.129. The number of carbonyl (C=O) groups excluding carboxylic acids is 1. The Kier molecular flexibility index (Phi) is 6.38. The highest BCUT2D eigenvalue weighted by atomic mass is 32.2. The average molecular weight is 398 g/mol. The zero-order chi connectivity index (χ0) is 19.9. The fourth-order valence-electron chi connectivity index (χ4n) is 2.36. The minimum Gasteiger partial charge on any atom is -0.369 e. The van der Waals surface area contributed by atoms with Crippen molar-refractivity contribution in [1.29, 1.82) is 0 Å². The molecule has 0 aliphatic heterocycles. The van der Waals surface area contributed by atoms with Gasteiger partial charge in [0, 0.05) is 5.69 Å². The first-order valence-electron chi connectivity index (χ1n) is 8.51. The number of nitrogens with zero attached hydrogens (tertiary/aromatic N) is 3. The molecule has 1 amide bonds. The molecule has 9 heteroatoms. The van der Waals surface area contributed by atoms with Crippen LogP contribution in [0.2, 0.25) is 0 Å². The normalized spacial score (nSPS) is 11.6. The number of thioether (sulfide) groups is 1. The highest BCUT2D eigenvalue weighted by Crippen LogP contribution is 2.22. The highest BCUT2D eigenvalue weighted by Gasteiger charge is 2.12. The topological polar surface area (TPSA) is 106 Å². The number of halogens is 1. The van der Waals surface area contributed by atoms with E-state index in [9.17, 15) is 9.18 Å². The van der Waals surface area contributed by atoms with Gasteiger partial charge < -0.3 is 16.4 Å². The van der Waals surface area contributed by atoms with E-state index >= 15 is 0 Å². The van der Waals surface area contributed by atoms with Crippen LogP contribution in [0.3, 0.4) is 0 Å². The molecular formula is C19H19FN6OS. The van der Waals surface area contributed by atoms with Gasteiger partial charge in [-0.1, -0.05) is 42.1 Å². The van der Waals surface area contributed by atoms with Gasteiger partial charge in [-0.3, -0.25) is 4.79 Å². The molecule has 0 saturated carbocycles. The van der Waals surface area contributed by atoms with Crippen LogP contribution < -0.4 is 16.4 Å². The van der Waals surface area contributed by atoms with Gasteiger partial charge >= 0.3 is 0 Å². The smallest absolute Gasteiger partial charge is 0.233 e. The lowest BCUT2D eigenvalue weighted by atomic mass is 10.1. The summed E-state index contributed by atoms with van der Waals surface area (Å²) < 4.78 is 13.1.